The van der Waals surface area contributed by atoms with Crippen molar-refractivity contribution in [2.24, 2.45) is 0 Å². The highest BCUT2D eigenvalue weighted by Gasteiger charge is 2.13. The highest BCUT2D eigenvalue weighted by molar-refractivity contribution is 7.90. The van der Waals surface area contributed by atoms with Gasteiger partial charge in [0.1, 0.15) is 9.84 Å². The number of anilines is 2. The maximum Gasteiger partial charge on any atom is 0.340 e. The van der Waals surface area contributed by atoms with Gasteiger partial charge in [0, 0.05) is 24.2 Å². The number of nitrogens with one attached hydrogen (secondary N) is 1. The number of rotatable bonds is 6. The molecule has 7 heteroatoms. The van der Waals surface area contributed by atoms with Crippen LogP contribution in [-0.2, 0) is 14.6 Å². The van der Waals surface area contributed by atoms with E-state index in [1.54, 1.807) is 19.1 Å². The third kappa shape index (κ3) is 5.17. The molecule has 0 saturated heterocycles. The van der Waals surface area contributed by atoms with Crippen LogP contribution in [0.25, 0.3) is 0 Å². The van der Waals surface area contributed by atoms with Crippen LogP contribution in [-0.4, -0.2) is 39.5 Å². The molecule has 0 aliphatic carbocycles. The molecule has 106 valence electrons. The zero-order chi connectivity index (χ0) is 14.5. The average molecular weight is 286 g/mol. The van der Waals surface area contributed by atoms with Gasteiger partial charge in [-0.15, -0.1) is 0 Å². The van der Waals surface area contributed by atoms with Crippen LogP contribution < -0.4 is 11.1 Å². The van der Waals surface area contributed by atoms with E-state index in [4.69, 9.17) is 10.5 Å². The standard InChI is InChI=1S/C12H18N2O4S/c1-3-18-12(15)10-8-9(13)4-5-11(10)14-6-7-19(2,16)17/h4-5,8,14H,3,6-7,13H2,1-2H3. The van der Waals surface area contributed by atoms with Gasteiger partial charge in [0.2, 0.25) is 0 Å². The predicted octanol–water partition coefficient (Wildman–Crippen LogP) is 0.902. The number of hydrogen-bond acceptors (Lipinski definition) is 6. The summed E-state index contributed by atoms with van der Waals surface area (Å²) in [5, 5.41) is 2.90. The normalized spacial score (nSPS) is 11.1. The molecule has 0 fully saturated rings. The van der Waals surface area contributed by atoms with Crippen molar-refractivity contribution in [3.05, 3.63) is 23.8 Å². The summed E-state index contributed by atoms with van der Waals surface area (Å²) < 4.78 is 27.0. The number of ether oxygens (including phenoxy) is 1. The van der Waals surface area contributed by atoms with E-state index >= 15 is 0 Å². The summed E-state index contributed by atoms with van der Waals surface area (Å²) in [5.41, 5.74) is 6.88. The summed E-state index contributed by atoms with van der Waals surface area (Å²) >= 11 is 0. The monoisotopic (exact) mass is 286 g/mol. The fourth-order valence-corrected chi connectivity index (χ4v) is 1.94. The Labute approximate surface area is 112 Å². The number of benzene rings is 1. The minimum atomic E-state index is -3.05. The first kappa shape index (κ1) is 15.3. The minimum Gasteiger partial charge on any atom is -0.462 e. The number of sulfone groups is 1. The number of hydrogen-bond donors (Lipinski definition) is 2. The smallest absolute Gasteiger partial charge is 0.340 e. The molecular weight excluding hydrogens is 268 g/mol. The van der Waals surface area contributed by atoms with E-state index in [-0.39, 0.29) is 18.9 Å². The summed E-state index contributed by atoms with van der Waals surface area (Å²) in [6, 6.07) is 4.76. The van der Waals surface area contributed by atoms with Crippen LogP contribution in [0.15, 0.2) is 18.2 Å². The third-order valence-corrected chi connectivity index (χ3v) is 3.27. The summed E-state index contributed by atoms with van der Waals surface area (Å²) in [5.74, 6) is -0.503. The van der Waals surface area contributed by atoms with E-state index in [0.29, 0.717) is 16.9 Å². The Balaban J connectivity index is 2.85. The van der Waals surface area contributed by atoms with Crippen molar-refractivity contribution in [1.82, 2.24) is 0 Å². The van der Waals surface area contributed by atoms with Gasteiger partial charge in [-0.05, 0) is 25.1 Å². The molecule has 3 N–H and O–H groups in total. The molecule has 0 aromatic heterocycles. The zero-order valence-corrected chi connectivity index (χ0v) is 11.8. The number of nitrogen functional groups attached to an aromatic ring is 1. The second-order valence-corrected chi connectivity index (χ2v) is 6.34. The summed E-state index contributed by atoms with van der Waals surface area (Å²) in [4.78, 5) is 11.7. The summed E-state index contributed by atoms with van der Waals surface area (Å²) in [7, 11) is -3.05. The van der Waals surface area contributed by atoms with Gasteiger partial charge in [-0.2, -0.15) is 0 Å². The Bertz CT molecular complexity index is 555. The van der Waals surface area contributed by atoms with Gasteiger partial charge in [0.05, 0.1) is 17.9 Å². The van der Waals surface area contributed by atoms with Crippen molar-refractivity contribution < 1.29 is 17.9 Å². The van der Waals surface area contributed by atoms with Crippen LogP contribution in [0.5, 0.6) is 0 Å². The van der Waals surface area contributed by atoms with Gasteiger partial charge in [-0.25, -0.2) is 13.2 Å². The van der Waals surface area contributed by atoms with Crippen molar-refractivity contribution in [2.45, 2.75) is 6.92 Å². The molecule has 0 bridgehead atoms. The lowest BCUT2D eigenvalue weighted by Gasteiger charge is -2.11. The van der Waals surface area contributed by atoms with Crippen molar-refractivity contribution in [3.8, 4) is 0 Å². The molecule has 0 amide bonds. The largest absolute Gasteiger partial charge is 0.462 e. The second-order valence-electron chi connectivity index (χ2n) is 4.08. The lowest BCUT2D eigenvalue weighted by Crippen LogP contribution is -2.16. The Kier molecular flexibility index (Phi) is 5.17. The van der Waals surface area contributed by atoms with Crippen molar-refractivity contribution in [2.75, 3.05) is 36.2 Å². The van der Waals surface area contributed by atoms with E-state index in [1.807, 2.05) is 0 Å². The number of carbonyl (C=O) groups excluding carboxylic acids is 1. The maximum absolute atomic E-state index is 11.7. The molecule has 0 saturated carbocycles. The number of carbonyl (C=O) groups is 1. The first-order valence-corrected chi connectivity index (χ1v) is 7.88. The SMILES string of the molecule is CCOC(=O)c1cc(N)ccc1NCCS(C)(=O)=O. The molecule has 0 spiro atoms. The predicted molar refractivity (Wildman–Crippen MR) is 75.0 cm³/mol. The molecule has 0 aliphatic rings. The molecular formula is C12H18N2O4S. The van der Waals surface area contributed by atoms with Crippen molar-refractivity contribution >= 4 is 27.2 Å². The van der Waals surface area contributed by atoms with Gasteiger partial charge >= 0.3 is 5.97 Å². The molecule has 19 heavy (non-hydrogen) atoms. The Morgan fingerprint density at radius 3 is 2.68 bits per heavy atom. The summed E-state index contributed by atoms with van der Waals surface area (Å²) in [6.45, 7) is 2.19. The van der Waals surface area contributed by atoms with E-state index in [9.17, 15) is 13.2 Å². The molecule has 0 heterocycles. The van der Waals surface area contributed by atoms with Crippen LogP contribution in [0.1, 0.15) is 17.3 Å². The van der Waals surface area contributed by atoms with Crippen LogP contribution in [0.4, 0.5) is 11.4 Å². The number of nitrogens with two attached hydrogens (primary N) is 1. The van der Waals surface area contributed by atoms with Crippen LogP contribution in [0.3, 0.4) is 0 Å². The van der Waals surface area contributed by atoms with E-state index < -0.39 is 15.8 Å². The van der Waals surface area contributed by atoms with Crippen molar-refractivity contribution in [1.29, 1.82) is 0 Å². The van der Waals surface area contributed by atoms with Crippen molar-refractivity contribution in [3.63, 3.8) is 0 Å². The second kappa shape index (κ2) is 6.42. The van der Waals surface area contributed by atoms with E-state index in [2.05, 4.69) is 5.32 Å². The van der Waals surface area contributed by atoms with E-state index in [0.717, 1.165) is 6.26 Å². The number of esters is 1. The fourth-order valence-electron chi connectivity index (χ4n) is 1.46. The molecule has 0 radical (unpaired) electrons. The van der Waals surface area contributed by atoms with Gasteiger partial charge in [0.15, 0.2) is 0 Å². The van der Waals surface area contributed by atoms with Gasteiger partial charge in [0.25, 0.3) is 0 Å². The Hall–Kier alpha value is -1.76. The average Bonchev–Trinajstić information content (AvgIpc) is 2.29. The first-order chi connectivity index (χ1) is 8.83. The van der Waals surface area contributed by atoms with Crippen LogP contribution >= 0.6 is 0 Å². The zero-order valence-electron chi connectivity index (χ0n) is 11.0. The minimum absolute atomic E-state index is 0.0142. The summed E-state index contributed by atoms with van der Waals surface area (Å²) in [6.07, 6.45) is 1.16. The third-order valence-electron chi connectivity index (χ3n) is 2.33. The molecule has 6 nitrogen and oxygen atoms in total. The Morgan fingerprint density at radius 1 is 1.42 bits per heavy atom. The van der Waals surface area contributed by atoms with Gasteiger partial charge in [-0.3, -0.25) is 0 Å². The van der Waals surface area contributed by atoms with Crippen LogP contribution in [0.2, 0.25) is 0 Å². The molecule has 0 aliphatic heterocycles. The quantitative estimate of drug-likeness (QED) is 0.595. The highest BCUT2D eigenvalue weighted by Crippen LogP contribution is 2.19. The van der Waals surface area contributed by atoms with Gasteiger partial charge < -0.3 is 15.8 Å². The molecule has 1 aromatic carbocycles. The first-order valence-electron chi connectivity index (χ1n) is 5.81. The fraction of sp³-hybridized carbons (Fsp3) is 0.417. The lowest BCUT2D eigenvalue weighted by molar-refractivity contribution is 0.0527. The lowest BCUT2D eigenvalue weighted by atomic mass is 10.1. The highest BCUT2D eigenvalue weighted by atomic mass is 32.2. The van der Waals surface area contributed by atoms with Gasteiger partial charge in [-0.1, -0.05) is 0 Å². The Morgan fingerprint density at radius 2 is 2.11 bits per heavy atom. The molecule has 0 atom stereocenters. The maximum atomic E-state index is 11.7. The molecule has 0 unspecified atom stereocenters. The molecule has 1 rings (SSSR count). The topological polar surface area (TPSA) is 98.5 Å². The molecule has 1 aromatic rings. The van der Waals surface area contributed by atoms with Crippen LogP contribution in [0, 0.1) is 0 Å². The van der Waals surface area contributed by atoms with E-state index in [1.165, 1.54) is 6.07 Å².